The van der Waals surface area contributed by atoms with E-state index in [-0.39, 0.29) is 18.3 Å². The van der Waals surface area contributed by atoms with E-state index >= 15 is 4.39 Å². The van der Waals surface area contributed by atoms with E-state index in [1.165, 1.54) is 24.5 Å². The van der Waals surface area contributed by atoms with Gasteiger partial charge < -0.3 is 19.3 Å². The maximum atomic E-state index is 15.1. The van der Waals surface area contributed by atoms with Gasteiger partial charge in [-0.05, 0) is 55.5 Å². The number of carboxylic acids is 1. The van der Waals surface area contributed by atoms with Crippen molar-refractivity contribution in [2.45, 2.75) is 38.7 Å². The molecule has 1 aliphatic heterocycles. The van der Waals surface area contributed by atoms with Crippen LogP contribution < -0.4 is 14.2 Å². The molecule has 0 aliphatic carbocycles. The minimum atomic E-state index is -0.829. The highest BCUT2D eigenvalue weighted by Gasteiger charge is 2.22. The lowest BCUT2D eigenvalue weighted by molar-refractivity contribution is -0.137. The van der Waals surface area contributed by atoms with Crippen molar-refractivity contribution in [3.8, 4) is 33.6 Å². The smallest absolute Gasteiger partial charge is 0.303 e. The summed E-state index contributed by atoms with van der Waals surface area (Å²) in [5, 5.41) is 9.35. The third-order valence-electron chi connectivity index (χ3n) is 5.12. The summed E-state index contributed by atoms with van der Waals surface area (Å²) in [6, 6.07) is 8.63. The molecule has 0 fully saturated rings. The highest BCUT2D eigenvalue weighted by molar-refractivity contribution is 7.13. The van der Waals surface area contributed by atoms with Crippen LogP contribution in [0.15, 0.2) is 36.5 Å². The summed E-state index contributed by atoms with van der Waals surface area (Å²) in [7, 11) is 1.41. The number of aromatic nitrogens is 1. The van der Waals surface area contributed by atoms with Gasteiger partial charge in [-0.1, -0.05) is 17.4 Å². The Labute approximate surface area is 183 Å². The van der Waals surface area contributed by atoms with E-state index in [1.54, 1.807) is 24.4 Å². The Kier molecular flexibility index (Phi) is 6.08. The van der Waals surface area contributed by atoms with Gasteiger partial charge in [0.2, 0.25) is 0 Å². The fourth-order valence-electron chi connectivity index (χ4n) is 3.57. The zero-order chi connectivity index (χ0) is 22.0. The van der Waals surface area contributed by atoms with Crippen molar-refractivity contribution >= 4 is 17.3 Å². The minimum Gasteiger partial charge on any atom is -0.494 e. The summed E-state index contributed by atoms with van der Waals surface area (Å²) in [5.74, 6) is -0.0671. The van der Waals surface area contributed by atoms with Gasteiger partial charge >= 0.3 is 5.97 Å². The SMILES string of the molecule is COc1cc(Oc2ncc(C)s2)cc(-c2ccc3c(c2)CC[C@H](CCC(=O)O)O3)c1F. The van der Waals surface area contributed by atoms with Crippen molar-refractivity contribution in [2.24, 2.45) is 0 Å². The molecule has 0 unspecified atom stereocenters. The zero-order valence-electron chi connectivity index (χ0n) is 17.2. The first-order chi connectivity index (χ1) is 14.9. The number of aryl methyl sites for hydroxylation is 2. The van der Waals surface area contributed by atoms with Gasteiger partial charge in [-0.2, -0.15) is 0 Å². The average molecular weight is 443 g/mol. The number of benzene rings is 2. The Morgan fingerprint density at radius 2 is 2.19 bits per heavy atom. The summed E-state index contributed by atoms with van der Waals surface area (Å²) in [5.41, 5.74) is 2.01. The second-order valence-corrected chi connectivity index (χ2v) is 8.56. The molecule has 0 saturated heterocycles. The molecule has 0 saturated carbocycles. The lowest BCUT2D eigenvalue weighted by Crippen LogP contribution is -2.23. The fourth-order valence-corrected chi connectivity index (χ4v) is 4.20. The van der Waals surface area contributed by atoms with Crippen molar-refractivity contribution in [3.05, 3.63) is 52.8 Å². The number of hydrogen-bond donors (Lipinski definition) is 1. The van der Waals surface area contributed by atoms with Crippen LogP contribution in [0.25, 0.3) is 11.1 Å². The van der Waals surface area contributed by atoms with Crippen molar-refractivity contribution in [2.75, 3.05) is 7.11 Å². The van der Waals surface area contributed by atoms with Crippen LogP contribution in [0.1, 0.15) is 29.7 Å². The van der Waals surface area contributed by atoms with Gasteiger partial charge in [0, 0.05) is 29.1 Å². The molecule has 8 heteroatoms. The Morgan fingerprint density at radius 1 is 1.35 bits per heavy atom. The third kappa shape index (κ3) is 4.80. The van der Waals surface area contributed by atoms with Crippen LogP contribution in [0.4, 0.5) is 4.39 Å². The van der Waals surface area contributed by atoms with Crippen LogP contribution in [-0.4, -0.2) is 29.3 Å². The minimum absolute atomic E-state index is 0.0779. The number of rotatable bonds is 7. The number of nitrogens with zero attached hydrogens (tertiary/aromatic N) is 1. The van der Waals surface area contributed by atoms with Crippen molar-refractivity contribution in [3.63, 3.8) is 0 Å². The van der Waals surface area contributed by atoms with E-state index in [9.17, 15) is 4.79 Å². The molecule has 0 spiro atoms. The predicted molar refractivity (Wildman–Crippen MR) is 115 cm³/mol. The van der Waals surface area contributed by atoms with Gasteiger partial charge in [0.15, 0.2) is 11.6 Å². The summed E-state index contributed by atoms with van der Waals surface area (Å²) in [6.45, 7) is 1.93. The fraction of sp³-hybridized carbons (Fsp3) is 0.304. The molecule has 4 rings (SSSR count). The number of fused-ring (bicyclic) bond motifs is 1. The molecule has 0 amide bonds. The average Bonchev–Trinajstić information content (AvgIpc) is 3.17. The molecule has 31 heavy (non-hydrogen) atoms. The van der Waals surface area contributed by atoms with E-state index in [1.807, 2.05) is 13.0 Å². The van der Waals surface area contributed by atoms with Crippen LogP contribution in [0.5, 0.6) is 22.4 Å². The third-order valence-corrected chi connectivity index (χ3v) is 5.91. The second kappa shape index (κ2) is 8.93. The van der Waals surface area contributed by atoms with E-state index in [0.29, 0.717) is 34.2 Å². The first-order valence-electron chi connectivity index (χ1n) is 9.92. The van der Waals surface area contributed by atoms with Gasteiger partial charge in [0.05, 0.1) is 13.2 Å². The van der Waals surface area contributed by atoms with E-state index in [0.717, 1.165) is 23.3 Å². The van der Waals surface area contributed by atoms with Crippen LogP contribution in [0.3, 0.4) is 0 Å². The number of methoxy groups -OCH3 is 1. The summed E-state index contributed by atoms with van der Waals surface area (Å²) < 4.78 is 32.1. The molecular weight excluding hydrogens is 421 g/mol. The number of thiazole rings is 1. The Bertz CT molecular complexity index is 1110. The highest BCUT2D eigenvalue weighted by Crippen LogP contribution is 2.39. The maximum Gasteiger partial charge on any atom is 0.303 e. The topological polar surface area (TPSA) is 77.9 Å². The van der Waals surface area contributed by atoms with E-state index in [4.69, 9.17) is 19.3 Å². The Balaban J connectivity index is 1.61. The van der Waals surface area contributed by atoms with E-state index in [2.05, 4.69) is 4.98 Å². The predicted octanol–water partition coefficient (Wildman–Crippen LogP) is 5.62. The van der Waals surface area contributed by atoms with Crippen LogP contribution in [0, 0.1) is 12.7 Å². The van der Waals surface area contributed by atoms with Crippen molar-refractivity contribution in [1.82, 2.24) is 4.98 Å². The molecule has 2 aromatic carbocycles. The summed E-state index contributed by atoms with van der Waals surface area (Å²) in [6.07, 6.45) is 3.61. The zero-order valence-corrected chi connectivity index (χ0v) is 18.0. The Hall–Kier alpha value is -3.13. The van der Waals surface area contributed by atoms with Crippen LogP contribution in [-0.2, 0) is 11.2 Å². The molecule has 1 aliphatic rings. The van der Waals surface area contributed by atoms with Gasteiger partial charge in [-0.25, -0.2) is 9.37 Å². The van der Waals surface area contributed by atoms with Crippen molar-refractivity contribution in [1.29, 1.82) is 0 Å². The van der Waals surface area contributed by atoms with Crippen LogP contribution in [0.2, 0.25) is 0 Å². The highest BCUT2D eigenvalue weighted by atomic mass is 32.1. The molecule has 162 valence electrons. The van der Waals surface area contributed by atoms with Crippen molar-refractivity contribution < 1.29 is 28.5 Å². The van der Waals surface area contributed by atoms with Gasteiger partial charge in [-0.3, -0.25) is 4.79 Å². The molecule has 1 atom stereocenters. The van der Waals surface area contributed by atoms with Gasteiger partial charge in [0.1, 0.15) is 11.5 Å². The second-order valence-electron chi connectivity index (χ2n) is 7.36. The Morgan fingerprint density at radius 3 is 2.90 bits per heavy atom. The molecule has 2 heterocycles. The lowest BCUT2D eigenvalue weighted by Gasteiger charge is -2.26. The van der Waals surface area contributed by atoms with Crippen LogP contribution >= 0.6 is 11.3 Å². The summed E-state index contributed by atoms with van der Waals surface area (Å²) in [4.78, 5) is 16.0. The molecule has 1 N–H and O–H groups in total. The number of ether oxygens (including phenoxy) is 3. The van der Waals surface area contributed by atoms with Gasteiger partial charge in [0.25, 0.3) is 5.19 Å². The molecule has 0 radical (unpaired) electrons. The first kappa shape index (κ1) is 21.1. The largest absolute Gasteiger partial charge is 0.494 e. The van der Waals surface area contributed by atoms with E-state index < -0.39 is 11.8 Å². The molecule has 6 nitrogen and oxygen atoms in total. The normalized spacial score (nSPS) is 15.1. The number of carboxylic acid groups (broad SMARTS) is 1. The quantitative estimate of drug-likeness (QED) is 0.511. The maximum absolute atomic E-state index is 15.1. The first-order valence-corrected chi connectivity index (χ1v) is 10.7. The van der Waals surface area contributed by atoms with Gasteiger partial charge in [-0.15, -0.1) is 0 Å². The molecule has 1 aromatic heterocycles. The standard InChI is InChI=1S/C23H22FNO5S/c1-13-12-25-23(31-13)30-17-10-18(22(24)20(11-17)28-2)14-4-7-19-15(9-14)3-5-16(29-19)6-8-21(26)27/h4,7,9-12,16H,3,5-6,8H2,1-2H3,(H,26,27)/t16-/m1/s1. The monoisotopic (exact) mass is 443 g/mol. The molecular formula is C23H22FNO5S. The number of halogens is 1. The number of aliphatic carboxylic acids is 1. The lowest BCUT2D eigenvalue weighted by atomic mass is 9.95. The summed E-state index contributed by atoms with van der Waals surface area (Å²) >= 11 is 1.41. The molecule has 3 aromatic rings. The number of carbonyl (C=O) groups is 1. The number of hydrogen-bond acceptors (Lipinski definition) is 6. The molecule has 0 bridgehead atoms.